The molecule has 132 valence electrons. The summed E-state index contributed by atoms with van der Waals surface area (Å²) in [5.41, 5.74) is 3.81. The maximum atomic E-state index is 12.8. The first kappa shape index (κ1) is 17.4. The fourth-order valence-corrected chi connectivity index (χ4v) is 3.47. The van der Waals surface area contributed by atoms with Crippen LogP contribution in [0.15, 0.2) is 24.3 Å². The molecule has 0 aliphatic carbocycles. The summed E-state index contributed by atoms with van der Waals surface area (Å²) in [6.45, 7) is 9.76. The number of rotatable bonds is 3. The van der Waals surface area contributed by atoms with Gasteiger partial charge in [0.1, 0.15) is 17.3 Å². The molecule has 5 nitrogen and oxygen atoms in total. The molecule has 0 saturated carbocycles. The highest BCUT2D eigenvalue weighted by molar-refractivity contribution is 5.93. The third-order valence-electron chi connectivity index (χ3n) is 4.50. The van der Waals surface area contributed by atoms with Gasteiger partial charge in [0.15, 0.2) is 0 Å². The number of hydrogen-bond donors (Lipinski definition) is 1. The second kappa shape index (κ2) is 7.21. The normalized spacial score (nSPS) is 17.4. The van der Waals surface area contributed by atoms with E-state index in [0.717, 1.165) is 25.2 Å². The standard InChI is InChI=1S/C20H26N4O/c1-13-6-5-7-24(12-13)20(25)18-11-19(22-16(4)21-18)23-17-9-14(2)8-15(3)10-17/h8-11,13H,5-7,12H2,1-4H3,(H,21,22,23). The Morgan fingerprint density at radius 2 is 1.84 bits per heavy atom. The van der Waals surface area contributed by atoms with E-state index >= 15 is 0 Å². The average molecular weight is 338 g/mol. The maximum absolute atomic E-state index is 12.8. The fraction of sp³-hybridized carbons (Fsp3) is 0.450. The Labute approximate surface area is 149 Å². The van der Waals surface area contributed by atoms with Crippen molar-refractivity contribution in [2.75, 3.05) is 18.4 Å². The van der Waals surface area contributed by atoms with Crippen LogP contribution in [0, 0.1) is 26.7 Å². The molecular weight excluding hydrogens is 312 g/mol. The number of carbonyl (C=O) groups is 1. The van der Waals surface area contributed by atoms with Crippen LogP contribution >= 0.6 is 0 Å². The van der Waals surface area contributed by atoms with Crippen molar-refractivity contribution in [2.45, 2.75) is 40.5 Å². The maximum Gasteiger partial charge on any atom is 0.272 e. The lowest BCUT2D eigenvalue weighted by Gasteiger charge is -2.30. The lowest BCUT2D eigenvalue weighted by atomic mass is 10.00. The van der Waals surface area contributed by atoms with Gasteiger partial charge in [0.2, 0.25) is 0 Å². The molecular formula is C20H26N4O. The average Bonchev–Trinajstić information content (AvgIpc) is 2.52. The van der Waals surface area contributed by atoms with E-state index in [4.69, 9.17) is 0 Å². The van der Waals surface area contributed by atoms with E-state index in [0.29, 0.717) is 23.3 Å². The van der Waals surface area contributed by atoms with Crippen molar-refractivity contribution < 1.29 is 4.79 Å². The monoisotopic (exact) mass is 338 g/mol. The van der Waals surface area contributed by atoms with E-state index in [1.807, 2.05) is 11.8 Å². The van der Waals surface area contributed by atoms with Gasteiger partial charge in [-0.3, -0.25) is 4.79 Å². The largest absolute Gasteiger partial charge is 0.340 e. The van der Waals surface area contributed by atoms with E-state index in [1.54, 1.807) is 6.07 Å². The third-order valence-corrected chi connectivity index (χ3v) is 4.50. The summed E-state index contributed by atoms with van der Waals surface area (Å²) in [6.07, 6.45) is 2.25. The number of piperidine rings is 1. The molecule has 1 N–H and O–H groups in total. The zero-order valence-electron chi connectivity index (χ0n) is 15.5. The number of benzene rings is 1. The molecule has 3 rings (SSSR count). The summed E-state index contributed by atoms with van der Waals surface area (Å²) in [6, 6.07) is 8.02. The van der Waals surface area contributed by atoms with Crippen LogP contribution in [0.3, 0.4) is 0 Å². The number of likely N-dealkylation sites (tertiary alicyclic amines) is 1. The van der Waals surface area contributed by atoms with Gasteiger partial charge in [-0.05, 0) is 62.8 Å². The highest BCUT2D eigenvalue weighted by Gasteiger charge is 2.23. The number of carbonyl (C=O) groups excluding carboxylic acids is 1. The first-order valence-electron chi connectivity index (χ1n) is 8.91. The number of anilines is 2. The zero-order valence-corrected chi connectivity index (χ0v) is 15.5. The van der Waals surface area contributed by atoms with Crippen molar-refractivity contribution in [1.82, 2.24) is 14.9 Å². The lowest BCUT2D eigenvalue weighted by Crippen LogP contribution is -2.39. The van der Waals surface area contributed by atoms with Gasteiger partial charge >= 0.3 is 0 Å². The second-order valence-electron chi connectivity index (χ2n) is 7.19. The molecule has 0 spiro atoms. The summed E-state index contributed by atoms with van der Waals surface area (Å²) in [5, 5.41) is 3.31. The van der Waals surface area contributed by atoms with Crippen molar-refractivity contribution in [1.29, 1.82) is 0 Å². The summed E-state index contributed by atoms with van der Waals surface area (Å²) >= 11 is 0. The zero-order chi connectivity index (χ0) is 18.0. The van der Waals surface area contributed by atoms with E-state index in [-0.39, 0.29) is 5.91 Å². The van der Waals surface area contributed by atoms with E-state index in [9.17, 15) is 4.79 Å². The summed E-state index contributed by atoms with van der Waals surface area (Å²) < 4.78 is 0. The third kappa shape index (κ3) is 4.35. The first-order valence-corrected chi connectivity index (χ1v) is 8.91. The van der Waals surface area contributed by atoms with E-state index < -0.39 is 0 Å². The number of amides is 1. The van der Waals surface area contributed by atoms with E-state index in [2.05, 4.69) is 54.3 Å². The Kier molecular flexibility index (Phi) is 5.02. The fourth-order valence-electron chi connectivity index (χ4n) is 3.47. The quantitative estimate of drug-likeness (QED) is 0.918. The number of nitrogens with one attached hydrogen (secondary N) is 1. The second-order valence-corrected chi connectivity index (χ2v) is 7.19. The molecule has 1 aliphatic heterocycles. The lowest BCUT2D eigenvalue weighted by molar-refractivity contribution is 0.0676. The van der Waals surface area contributed by atoms with Crippen LogP contribution < -0.4 is 5.32 Å². The highest BCUT2D eigenvalue weighted by Crippen LogP contribution is 2.21. The summed E-state index contributed by atoms with van der Waals surface area (Å²) in [5.74, 6) is 1.81. The highest BCUT2D eigenvalue weighted by atomic mass is 16.2. The van der Waals surface area contributed by atoms with Crippen molar-refractivity contribution in [3.8, 4) is 0 Å². The van der Waals surface area contributed by atoms with Gasteiger partial charge in [0, 0.05) is 24.8 Å². The van der Waals surface area contributed by atoms with Crippen LogP contribution in [0.4, 0.5) is 11.5 Å². The minimum atomic E-state index is 0.000484. The number of aromatic nitrogens is 2. The molecule has 1 saturated heterocycles. The van der Waals surface area contributed by atoms with Gasteiger partial charge in [0.25, 0.3) is 5.91 Å². The molecule has 25 heavy (non-hydrogen) atoms. The topological polar surface area (TPSA) is 58.1 Å². The number of hydrogen-bond acceptors (Lipinski definition) is 4. The van der Waals surface area contributed by atoms with E-state index in [1.165, 1.54) is 17.5 Å². The van der Waals surface area contributed by atoms with Gasteiger partial charge in [-0.15, -0.1) is 0 Å². The SMILES string of the molecule is Cc1cc(C)cc(Nc2cc(C(=O)N3CCCC(C)C3)nc(C)n2)c1. The Balaban J connectivity index is 1.83. The summed E-state index contributed by atoms with van der Waals surface area (Å²) in [4.78, 5) is 23.5. The molecule has 1 atom stereocenters. The molecule has 2 heterocycles. The Morgan fingerprint density at radius 3 is 2.52 bits per heavy atom. The van der Waals surface area contributed by atoms with Crippen molar-refractivity contribution >= 4 is 17.4 Å². The smallest absolute Gasteiger partial charge is 0.272 e. The molecule has 2 aromatic rings. The Morgan fingerprint density at radius 1 is 1.12 bits per heavy atom. The van der Waals surface area contributed by atoms with Gasteiger partial charge < -0.3 is 10.2 Å². The Bertz CT molecular complexity index is 767. The van der Waals surface area contributed by atoms with Gasteiger partial charge in [-0.1, -0.05) is 13.0 Å². The van der Waals surface area contributed by atoms with Crippen LogP contribution in [0.1, 0.15) is 47.2 Å². The Hall–Kier alpha value is -2.43. The molecule has 1 aromatic heterocycles. The minimum Gasteiger partial charge on any atom is -0.340 e. The predicted octanol–water partition coefficient (Wildman–Crippen LogP) is 4.02. The van der Waals surface area contributed by atoms with Crippen LogP contribution in [-0.4, -0.2) is 33.9 Å². The number of nitrogens with zero attached hydrogens (tertiary/aromatic N) is 3. The van der Waals surface area contributed by atoms with Crippen LogP contribution in [0.5, 0.6) is 0 Å². The van der Waals surface area contributed by atoms with Gasteiger partial charge in [0.05, 0.1) is 0 Å². The summed E-state index contributed by atoms with van der Waals surface area (Å²) in [7, 11) is 0. The molecule has 1 aliphatic rings. The molecule has 0 radical (unpaired) electrons. The number of aryl methyl sites for hydroxylation is 3. The molecule has 5 heteroatoms. The van der Waals surface area contributed by atoms with Crippen molar-refractivity contribution in [3.63, 3.8) is 0 Å². The van der Waals surface area contributed by atoms with Crippen LogP contribution in [0.25, 0.3) is 0 Å². The molecule has 1 aromatic carbocycles. The molecule has 0 bridgehead atoms. The first-order chi connectivity index (χ1) is 11.9. The van der Waals surface area contributed by atoms with Crippen molar-refractivity contribution in [3.05, 3.63) is 46.9 Å². The minimum absolute atomic E-state index is 0.000484. The predicted molar refractivity (Wildman–Crippen MR) is 100 cm³/mol. The van der Waals surface area contributed by atoms with Crippen LogP contribution in [0.2, 0.25) is 0 Å². The van der Waals surface area contributed by atoms with Gasteiger partial charge in [-0.2, -0.15) is 0 Å². The molecule has 1 unspecified atom stereocenters. The van der Waals surface area contributed by atoms with Crippen LogP contribution in [-0.2, 0) is 0 Å². The molecule has 1 amide bonds. The molecule has 1 fully saturated rings. The van der Waals surface area contributed by atoms with Gasteiger partial charge in [-0.25, -0.2) is 9.97 Å². The van der Waals surface area contributed by atoms with Crippen molar-refractivity contribution in [2.24, 2.45) is 5.92 Å².